The van der Waals surface area contributed by atoms with Gasteiger partial charge in [0.15, 0.2) is 10.8 Å². The average molecular weight is 416 g/mol. The van der Waals surface area contributed by atoms with E-state index in [1.54, 1.807) is 15.6 Å². The van der Waals surface area contributed by atoms with Crippen molar-refractivity contribution in [3.63, 3.8) is 0 Å². The number of amides is 1. The second kappa shape index (κ2) is 9.84. The van der Waals surface area contributed by atoms with E-state index in [9.17, 15) is 4.79 Å². The Balaban J connectivity index is 1.92. The molecule has 0 aliphatic rings. The summed E-state index contributed by atoms with van der Waals surface area (Å²) >= 11 is 1.51. The van der Waals surface area contributed by atoms with Crippen LogP contribution in [0.5, 0.6) is 5.75 Å². The molecule has 0 radical (unpaired) electrons. The third-order valence-corrected chi connectivity index (χ3v) is 5.89. The summed E-state index contributed by atoms with van der Waals surface area (Å²) in [4.78, 5) is 22.1. The van der Waals surface area contributed by atoms with E-state index in [0.29, 0.717) is 24.0 Å². The standard InChI is InChI=1S/C21H29N5O2S/c1-5-24(6-2)13-14-26(20(27)18-11-12-25(7-3)23-18)21-22-17-10-9-16(28-8-4)15-19(17)29-21/h9-12,15H,5-8,13-14H2,1-4H3. The first-order chi connectivity index (χ1) is 14.1. The van der Waals surface area contributed by atoms with Crippen LogP contribution in [0.1, 0.15) is 38.2 Å². The molecule has 0 spiro atoms. The lowest BCUT2D eigenvalue weighted by Crippen LogP contribution is -2.39. The molecule has 0 saturated heterocycles. The Labute approximate surface area is 175 Å². The van der Waals surface area contributed by atoms with E-state index < -0.39 is 0 Å². The van der Waals surface area contributed by atoms with Crippen LogP contribution < -0.4 is 9.64 Å². The van der Waals surface area contributed by atoms with Gasteiger partial charge in [0.2, 0.25) is 0 Å². The quantitative estimate of drug-likeness (QED) is 0.502. The topological polar surface area (TPSA) is 63.5 Å². The third-order valence-electron chi connectivity index (χ3n) is 4.85. The second-order valence-corrected chi connectivity index (χ2v) is 7.61. The summed E-state index contributed by atoms with van der Waals surface area (Å²) in [6, 6.07) is 7.62. The first kappa shape index (κ1) is 21.3. The van der Waals surface area contributed by atoms with Crippen molar-refractivity contribution < 1.29 is 9.53 Å². The van der Waals surface area contributed by atoms with Crippen LogP contribution in [0, 0.1) is 0 Å². The number of likely N-dealkylation sites (N-methyl/N-ethyl adjacent to an activating group) is 1. The average Bonchev–Trinajstić information content (AvgIpc) is 3.37. The van der Waals surface area contributed by atoms with Crippen molar-refractivity contribution in [2.75, 3.05) is 37.7 Å². The Morgan fingerprint density at radius 3 is 2.59 bits per heavy atom. The summed E-state index contributed by atoms with van der Waals surface area (Å²) in [5.74, 6) is 0.700. The van der Waals surface area contributed by atoms with Crippen LogP contribution in [0.2, 0.25) is 0 Å². The number of aryl methyl sites for hydroxylation is 1. The first-order valence-electron chi connectivity index (χ1n) is 10.2. The normalized spacial score (nSPS) is 11.3. The number of benzene rings is 1. The number of rotatable bonds is 10. The maximum absolute atomic E-state index is 13.3. The largest absolute Gasteiger partial charge is 0.494 e. The molecule has 3 aromatic rings. The van der Waals surface area contributed by atoms with E-state index in [0.717, 1.165) is 42.1 Å². The minimum Gasteiger partial charge on any atom is -0.494 e. The molecule has 3 rings (SSSR count). The molecule has 0 N–H and O–H groups in total. The highest BCUT2D eigenvalue weighted by Crippen LogP contribution is 2.32. The minimum atomic E-state index is -0.117. The lowest BCUT2D eigenvalue weighted by atomic mass is 10.3. The van der Waals surface area contributed by atoms with Gasteiger partial charge in [-0.25, -0.2) is 4.98 Å². The zero-order chi connectivity index (χ0) is 20.8. The van der Waals surface area contributed by atoms with Gasteiger partial charge in [0.05, 0.1) is 16.8 Å². The number of carbonyl (C=O) groups excluding carboxylic acids is 1. The Bertz CT molecular complexity index is 948. The number of fused-ring (bicyclic) bond motifs is 1. The predicted molar refractivity (Wildman–Crippen MR) is 118 cm³/mol. The van der Waals surface area contributed by atoms with Crippen molar-refractivity contribution in [1.29, 1.82) is 0 Å². The summed E-state index contributed by atoms with van der Waals surface area (Å²) in [5, 5.41) is 5.10. The van der Waals surface area contributed by atoms with Crippen molar-refractivity contribution in [3.05, 3.63) is 36.2 Å². The van der Waals surface area contributed by atoms with Crippen LogP contribution >= 0.6 is 11.3 Å². The van der Waals surface area contributed by atoms with Gasteiger partial charge >= 0.3 is 0 Å². The van der Waals surface area contributed by atoms with Crippen LogP contribution in [0.15, 0.2) is 30.5 Å². The van der Waals surface area contributed by atoms with E-state index in [1.165, 1.54) is 11.3 Å². The van der Waals surface area contributed by atoms with Crippen LogP contribution in [0.4, 0.5) is 5.13 Å². The van der Waals surface area contributed by atoms with Crippen molar-refractivity contribution in [2.45, 2.75) is 34.2 Å². The fourth-order valence-corrected chi connectivity index (χ4v) is 4.14. The molecule has 0 fully saturated rings. The van der Waals surface area contributed by atoms with Crippen molar-refractivity contribution in [3.8, 4) is 5.75 Å². The number of hydrogen-bond acceptors (Lipinski definition) is 6. The van der Waals surface area contributed by atoms with E-state index >= 15 is 0 Å². The molecule has 156 valence electrons. The smallest absolute Gasteiger partial charge is 0.280 e. The number of hydrogen-bond donors (Lipinski definition) is 0. The molecule has 2 heterocycles. The fraction of sp³-hybridized carbons (Fsp3) is 0.476. The van der Waals surface area contributed by atoms with Gasteiger partial charge in [-0.1, -0.05) is 25.2 Å². The summed E-state index contributed by atoms with van der Waals surface area (Å²) in [6.45, 7) is 12.8. The molecule has 1 aromatic carbocycles. The zero-order valence-corrected chi connectivity index (χ0v) is 18.4. The number of ether oxygens (including phenoxy) is 1. The van der Waals surface area contributed by atoms with Gasteiger partial charge in [-0.05, 0) is 51.2 Å². The van der Waals surface area contributed by atoms with Crippen LogP contribution in [-0.4, -0.2) is 58.4 Å². The van der Waals surface area contributed by atoms with E-state index in [-0.39, 0.29) is 5.91 Å². The van der Waals surface area contributed by atoms with Gasteiger partial charge in [-0.2, -0.15) is 5.10 Å². The first-order valence-corrected chi connectivity index (χ1v) is 11.0. The highest BCUT2D eigenvalue weighted by molar-refractivity contribution is 7.22. The monoisotopic (exact) mass is 415 g/mol. The molecule has 29 heavy (non-hydrogen) atoms. The highest BCUT2D eigenvalue weighted by Gasteiger charge is 2.23. The van der Waals surface area contributed by atoms with Crippen LogP contribution in [-0.2, 0) is 6.54 Å². The maximum atomic E-state index is 13.3. The Hall–Kier alpha value is -2.45. The van der Waals surface area contributed by atoms with Gasteiger partial charge in [-0.3, -0.25) is 14.4 Å². The summed E-state index contributed by atoms with van der Waals surface area (Å²) in [5.41, 5.74) is 1.31. The van der Waals surface area contributed by atoms with Gasteiger partial charge in [0.25, 0.3) is 5.91 Å². The van der Waals surface area contributed by atoms with E-state index in [4.69, 9.17) is 9.72 Å². The van der Waals surface area contributed by atoms with Gasteiger partial charge in [-0.15, -0.1) is 0 Å². The van der Waals surface area contributed by atoms with Crippen molar-refractivity contribution >= 4 is 32.6 Å². The zero-order valence-electron chi connectivity index (χ0n) is 17.6. The summed E-state index contributed by atoms with van der Waals surface area (Å²) in [6.07, 6.45) is 1.84. The van der Waals surface area contributed by atoms with Gasteiger partial charge in [0.1, 0.15) is 5.75 Å². The Kier molecular flexibility index (Phi) is 7.22. The van der Waals surface area contributed by atoms with E-state index in [2.05, 4.69) is 23.8 Å². The Morgan fingerprint density at radius 2 is 1.93 bits per heavy atom. The lowest BCUT2D eigenvalue weighted by Gasteiger charge is -2.24. The number of thiazole rings is 1. The number of carbonyl (C=O) groups is 1. The van der Waals surface area contributed by atoms with Crippen LogP contribution in [0.25, 0.3) is 10.2 Å². The molecule has 0 atom stereocenters. The maximum Gasteiger partial charge on any atom is 0.280 e. The summed E-state index contributed by atoms with van der Waals surface area (Å²) < 4.78 is 8.37. The molecule has 7 nitrogen and oxygen atoms in total. The van der Waals surface area contributed by atoms with Gasteiger partial charge in [0, 0.05) is 25.8 Å². The molecule has 8 heteroatoms. The number of nitrogens with zero attached hydrogens (tertiary/aromatic N) is 5. The highest BCUT2D eigenvalue weighted by atomic mass is 32.1. The SMILES string of the molecule is CCOc1ccc2nc(N(CCN(CC)CC)C(=O)c3ccn(CC)n3)sc2c1. The number of aromatic nitrogens is 3. The molecule has 0 aliphatic heterocycles. The van der Waals surface area contributed by atoms with E-state index in [1.807, 2.05) is 38.2 Å². The lowest BCUT2D eigenvalue weighted by molar-refractivity contribution is 0.0978. The van der Waals surface area contributed by atoms with Crippen LogP contribution in [0.3, 0.4) is 0 Å². The second-order valence-electron chi connectivity index (χ2n) is 6.60. The molecular weight excluding hydrogens is 386 g/mol. The Morgan fingerprint density at radius 1 is 1.14 bits per heavy atom. The van der Waals surface area contributed by atoms with Crippen molar-refractivity contribution in [2.24, 2.45) is 0 Å². The molecule has 0 bridgehead atoms. The number of anilines is 1. The molecule has 0 unspecified atom stereocenters. The molecule has 0 saturated carbocycles. The third kappa shape index (κ3) is 4.94. The predicted octanol–water partition coefficient (Wildman–Crippen LogP) is 3.90. The molecule has 0 aliphatic carbocycles. The molecular formula is C21H29N5O2S. The fourth-order valence-electron chi connectivity index (χ4n) is 3.12. The minimum absolute atomic E-state index is 0.117. The summed E-state index contributed by atoms with van der Waals surface area (Å²) in [7, 11) is 0. The molecule has 2 aromatic heterocycles. The van der Waals surface area contributed by atoms with Crippen molar-refractivity contribution in [1.82, 2.24) is 19.7 Å². The molecule has 1 amide bonds. The van der Waals surface area contributed by atoms with Gasteiger partial charge < -0.3 is 9.64 Å².